The van der Waals surface area contributed by atoms with Crippen LogP contribution in [0.3, 0.4) is 0 Å². The fraction of sp³-hybridized carbons (Fsp3) is 0.333. The maximum absolute atomic E-state index is 4.10. The molecule has 0 aromatic heterocycles. The van der Waals surface area contributed by atoms with Crippen molar-refractivity contribution in [2.75, 3.05) is 0 Å². The van der Waals surface area contributed by atoms with E-state index in [1.54, 1.807) is 11.1 Å². The first kappa shape index (κ1) is 11.5. The fourth-order valence-corrected chi connectivity index (χ4v) is 3.04. The molecule has 0 heteroatoms. The lowest BCUT2D eigenvalue weighted by molar-refractivity contribution is 0.661. The van der Waals surface area contributed by atoms with Crippen molar-refractivity contribution >= 4 is 6.08 Å². The molecule has 0 saturated heterocycles. The van der Waals surface area contributed by atoms with Gasteiger partial charge < -0.3 is 0 Å². The summed E-state index contributed by atoms with van der Waals surface area (Å²) in [4.78, 5) is 0. The number of aryl methyl sites for hydroxylation is 1. The van der Waals surface area contributed by atoms with Gasteiger partial charge in [0.25, 0.3) is 0 Å². The second kappa shape index (κ2) is 4.61. The van der Waals surface area contributed by atoms with Crippen molar-refractivity contribution in [1.29, 1.82) is 0 Å². The third kappa shape index (κ3) is 2.08. The third-order valence-corrected chi connectivity index (χ3v) is 4.27. The highest BCUT2D eigenvalue weighted by atomic mass is 14.3. The molecule has 1 atom stereocenters. The molecule has 2 aliphatic carbocycles. The summed E-state index contributed by atoms with van der Waals surface area (Å²) in [6, 6.07) is 8.77. The minimum atomic E-state index is 0.679. The van der Waals surface area contributed by atoms with Gasteiger partial charge in [0.2, 0.25) is 0 Å². The maximum atomic E-state index is 4.10. The Kier molecular flexibility index (Phi) is 2.95. The van der Waals surface area contributed by atoms with Crippen LogP contribution in [0.1, 0.15) is 37.3 Å². The lowest BCUT2D eigenvalue weighted by Crippen LogP contribution is -2.02. The number of fused-ring (bicyclic) bond motifs is 1. The smallest absolute Gasteiger partial charge is 0.0133 e. The Morgan fingerprint density at radius 3 is 2.78 bits per heavy atom. The molecule has 1 aromatic carbocycles. The summed E-state index contributed by atoms with van der Waals surface area (Å²) < 4.78 is 0. The Morgan fingerprint density at radius 1 is 1.17 bits per heavy atom. The lowest BCUT2D eigenvalue weighted by atomic mass is 9.87. The average Bonchev–Trinajstić information content (AvgIpc) is 2.88. The zero-order chi connectivity index (χ0) is 12.5. The second-order valence-corrected chi connectivity index (χ2v) is 5.58. The summed E-state index contributed by atoms with van der Waals surface area (Å²) in [5.74, 6) is 0.679. The van der Waals surface area contributed by atoms with E-state index in [0.29, 0.717) is 5.92 Å². The molecule has 0 heterocycles. The second-order valence-electron chi connectivity index (χ2n) is 5.58. The van der Waals surface area contributed by atoms with E-state index in [4.69, 9.17) is 0 Å². The first-order chi connectivity index (χ1) is 8.74. The van der Waals surface area contributed by atoms with Crippen LogP contribution in [0, 0.1) is 5.92 Å². The van der Waals surface area contributed by atoms with E-state index < -0.39 is 0 Å². The predicted octanol–water partition coefficient (Wildman–Crippen LogP) is 4.93. The van der Waals surface area contributed by atoms with Gasteiger partial charge in [-0.05, 0) is 60.8 Å². The van der Waals surface area contributed by atoms with Gasteiger partial charge in [0, 0.05) is 0 Å². The van der Waals surface area contributed by atoms with Crippen LogP contribution in [0.25, 0.3) is 6.08 Å². The molecule has 0 aliphatic heterocycles. The van der Waals surface area contributed by atoms with Crippen LogP contribution in [0.2, 0.25) is 0 Å². The summed E-state index contributed by atoms with van der Waals surface area (Å²) in [5, 5.41) is 0. The summed E-state index contributed by atoms with van der Waals surface area (Å²) in [6.45, 7) is 6.26. The van der Waals surface area contributed by atoms with Gasteiger partial charge in [-0.2, -0.15) is 0 Å². The number of hydrogen-bond acceptors (Lipinski definition) is 0. The average molecular weight is 236 g/mol. The molecule has 1 aromatic rings. The van der Waals surface area contributed by atoms with Crippen LogP contribution in [-0.2, 0) is 6.42 Å². The highest BCUT2D eigenvalue weighted by Gasteiger charge is 2.21. The lowest BCUT2D eigenvalue weighted by Gasteiger charge is -2.18. The Bertz CT molecular complexity index is 543. The summed E-state index contributed by atoms with van der Waals surface area (Å²) >= 11 is 0. The molecular formula is C18H20. The van der Waals surface area contributed by atoms with Crippen LogP contribution >= 0.6 is 0 Å². The minimum Gasteiger partial charge on any atom is -0.0998 e. The van der Waals surface area contributed by atoms with Gasteiger partial charge in [0.15, 0.2) is 0 Å². The number of benzene rings is 1. The molecule has 0 saturated carbocycles. The largest absolute Gasteiger partial charge is 0.0998 e. The Hall–Kier alpha value is -1.56. The van der Waals surface area contributed by atoms with Gasteiger partial charge in [0.1, 0.15) is 0 Å². The minimum absolute atomic E-state index is 0.679. The van der Waals surface area contributed by atoms with Crippen molar-refractivity contribution in [2.24, 2.45) is 5.92 Å². The Labute approximate surface area is 110 Å². The highest BCUT2D eigenvalue weighted by molar-refractivity contribution is 5.64. The van der Waals surface area contributed by atoms with E-state index in [1.807, 2.05) is 0 Å². The number of allylic oxidation sites excluding steroid dienone is 4. The SMILES string of the molecule is C=C(C)C1CC=C(C2=Cc3ccccc3CC2)C1. The molecule has 0 amide bonds. The summed E-state index contributed by atoms with van der Waals surface area (Å²) in [6.07, 6.45) is 9.60. The molecule has 1 unspecified atom stereocenters. The van der Waals surface area contributed by atoms with Gasteiger partial charge in [-0.25, -0.2) is 0 Å². The van der Waals surface area contributed by atoms with Gasteiger partial charge in [-0.3, -0.25) is 0 Å². The first-order valence-electron chi connectivity index (χ1n) is 6.87. The van der Waals surface area contributed by atoms with E-state index in [1.165, 1.54) is 42.4 Å². The van der Waals surface area contributed by atoms with Crippen molar-refractivity contribution in [3.63, 3.8) is 0 Å². The van der Waals surface area contributed by atoms with Gasteiger partial charge >= 0.3 is 0 Å². The predicted molar refractivity (Wildman–Crippen MR) is 78.4 cm³/mol. The molecule has 92 valence electrons. The highest BCUT2D eigenvalue weighted by Crippen LogP contribution is 2.37. The van der Waals surface area contributed by atoms with Crippen LogP contribution in [0.4, 0.5) is 0 Å². The van der Waals surface area contributed by atoms with E-state index in [0.717, 1.165) is 0 Å². The molecule has 0 bridgehead atoms. The molecule has 0 spiro atoms. The molecule has 2 aliphatic rings. The number of rotatable bonds is 2. The van der Waals surface area contributed by atoms with Crippen molar-refractivity contribution in [3.05, 3.63) is 64.8 Å². The topological polar surface area (TPSA) is 0 Å². The molecule has 0 radical (unpaired) electrons. The fourth-order valence-electron chi connectivity index (χ4n) is 3.04. The van der Waals surface area contributed by atoms with Gasteiger partial charge in [-0.1, -0.05) is 48.6 Å². The zero-order valence-electron chi connectivity index (χ0n) is 11.1. The van der Waals surface area contributed by atoms with Crippen molar-refractivity contribution < 1.29 is 0 Å². The maximum Gasteiger partial charge on any atom is -0.0133 e. The van der Waals surface area contributed by atoms with Crippen LogP contribution in [-0.4, -0.2) is 0 Å². The normalized spacial score (nSPS) is 22.2. The Morgan fingerprint density at radius 2 is 2.00 bits per heavy atom. The van der Waals surface area contributed by atoms with E-state index >= 15 is 0 Å². The summed E-state index contributed by atoms with van der Waals surface area (Å²) in [5.41, 5.74) is 7.36. The first-order valence-corrected chi connectivity index (χ1v) is 6.87. The van der Waals surface area contributed by atoms with Crippen LogP contribution < -0.4 is 0 Å². The molecule has 0 nitrogen and oxygen atoms in total. The van der Waals surface area contributed by atoms with Gasteiger partial charge in [0.05, 0.1) is 0 Å². The van der Waals surface area contributed by atoms with Crippen LogP contribution in [0.5, 0.6) is 0 Å². The zero-order valence-corrected chi connectivity index (χ0v) is 11.1. The standard InChI is InChI=1S/C18H20/c1-13(2)15-8-10-17(11-15)18-9-7-14-5-3-4-6-16(14)12-18/h3-6,10,12,15H,1,7-9,11H2,2H3. The molecule has 18 heavy (non-hydrogen) atoms. The van der Waals surface area contributed by atoms with Gasteiger partial charge in [-0.15, -0.1) is 0 Å². The summed E-state index contributed by atoms with van der Waals surface area (Å²) in [7, 11) is 0. The van der Waals surface area contributed by atoms with E-state index in [2.05, 4.69) is 49.9 Å². The van der Waals surface area contributed by atoms with Crippen molar-refractivity contribution in [3.8, 4) is 0 Å². The van der Waals surface area contributed by atoms with Crippen molar-refractivity contribution in [1.82, 2.24) is 0 Å². The molecular weight excluding hydrogens is 216 g/mol. The third-order valence-electron chi connectivity index (χ3n) is 4.27. The Balaban J connectivity index is 1.84. The van der Waals surface area contributed by atoms with Crippen molar-refractivity contribution in [2.45, 2.75) is 32.6 Å². The molecule has 3 rings (SSSR count). The van der Waals surface area contributed by atoms with E-state index in [-0.39, 0.29) is 0 Å². The molecule has 0 fully saturated rings. The van der Waals surface area contributed by atoms with E-state index in [9.17, 15) is 0 Å². The quantitative estimate of drug-likeness (QED) is 0.639. The van der Waals surface area contributed by atoms with Crippen LogP contribution in [0.15, 0.2) is 53.6 Å². The number of hydrogen-bond donors (Lipinski definition) is 0. The molecule has 0 N–H and O–H groups in total. The monoisotopic (exact) mass is 236 g/mol.